The molecule has 3 nitrogen and oxygen atoms in total. The summed E-state index contributed by atoms with van der Waals surface area (Å²) in [5, 5.41) is 7.70. The molecular formula is C9H11N3. The van der Waals surface area contributed by atoms with Gasteiger partial charge in [-0.1, -0.05) is 6.58 Å². The number of hydrogen-bond donors (Lipinski definition) is 1. The molecule has 0 fully saturated rings. The Bertz CT molecular complexity index is 433. The van der Waals surface area contributed by atoms with Crippen molar-refractivity contribution in [2.45, 2.75) is 6.92 Å². The Hall–Kier alpha value is -1.64. The van der Waals surface area contributed by atoms with Crippen molar-refractivity contribution in [1.82, 2.24) is 15.2 Å². The van der Waals surface area contributed by atoms with Crippen LogP contribution in [0.2, 0.25) is 0 Å². The molecule has 0 aliphatic rings. The minimum atomic E-state index is 0. The van der Waals surface area contributed by atoms with Crippen LogP contribution in [0.5, 0.6) is 0 Å². The molecule has 0 aliphatic heterocycles. The van der Waals surface area contributed by atoms with Crippen molar-refractivity contribution in [2.24, 2.45) is 0 Å². The predicted molar refractivity (Wildman–Crippen MR) is 50.7 cm³/mol. The largest absolute Gasteiger partial charge is 0.261 e. The molecule has 0 aliphatic carbocycles. The standard InChI is InChI=1S/C9H9N3.H2/c1-6(2)7-3-8-5-11-12-9(8)10-4-7;/h3-5H,1H2,2H3,(H,10,11,12);1H. The molecule has 0 spiro atoms. The lowest BCUT2D eigenvalue weighted by Crippen LogP contribution is -1.81. The highest BCUT2D eigenvalue weighted by atomic mass is 15.1. The van der Waals surface area contributed by atoms with Crippen molar-refractivity contribution < 1.29 is 1.43 Å². The number of hydrogen-bond acceptors (Lipinski definition) is 2. The molecule has 0 radical (unpaired) electrons. The summed E-state index contributed by atoms with van der Waals surface area (Å²) in [7, 11) is 0. The highest BCUT2D eigenvalue weighted by Crippen LogP contribution is 2.15. The Morgan fingerprint density at radius 2 is 2.42 bits per heavy atom. The number of allylic oxidation sites excluding steroid dienone is 1. The highest BCUT2D eigenvalue weighted by Gasteiger charge is 1.98. The topological polar surface area (TPSA) is 41.6 Å². The van der Waals surface area contributed by atoms with E-state index >= 15 is 0 Å². The van der Waals surface area contributed by atoms with Gasteiger partial charge in [0.1, 0.15) is 0 Å². The van der Waals surface area contributed by atoms with E-state index < -0.39 is 0 Å². The van der Waals surface area contributed by atoms with Crippen molar-refractivity contribution in [3.05, 3.63) is 30.6 Å². The van der Waals surface area contributed by atoms with Gasteiger partial charge in [0.2, 0.25) is 0 Å². The quantitative estimate of drug-likeness (QED) is 0.696. The van der Waals surface area contributed by atoms with Crippen LogP contribution in [-0.2, 0) is 0 Å². The smallest absolute Gasteiger partial charge is 0.155 e. The van der Waals surface area contributed by atoms with E-state index in [0.29, 0.717) is 0 Å². The van der Waals surface area contributed by atoms with Crippen LogP contribution in [0.25, 0.3) is 16.6 Å². The average molecular weight is 161 g/mol. The summed E-state index contributed by atoms with van der Waals surface area (Å²) in [5.74, 6) is 0. The fraction of sp³-hybridized carbons (Fsp3) is 0.111. The molecule has 0 atom stereocenters. The normalized spacial score (nSPS) is 10.4. The van der Waals surface area contributed by atoms with E-state index in [4.69, 9.17) is 0 Å². The van der Waals surface area contributed by atoms with Crippen LogP contribution in [0, 0.1) is 0 Å². The zero-order valence-electron chi connectivity index (χ0n) is 6.83. The van der Waals surface area contributed by atoms with Gasteiger partial charge in [-0.15, -0.1) is 0 Å². The maximum absolute atomic E-state index is 4.18. The molecule has 0 saturated carbocycles. The van der Waals surface area contributed by atoms with Crippen LogP contribution in [-0.4, -0.2) is 15.2 Å². The SMILES string of the molecule is C=C(C)c1cnc2[nH]ncc2c1.[HH]. The summed E-state index contributed by atoms with van der Waals surface area (Å²) in [6.07, 6.45) is 3.55. The van der Waals surface area contributed by atoms with E-state index in [-0.39, 0.29) is 1.43 Å². The van der Waals surface area contributed by atoms with Crippen LogP contribution in [0.4, 0.5) is 0 Å². The maximum Gasteiger partial charge on any atom is 0.155 e. The highest BCUT2D eigenvalue weighted by molar-refractivity contribution is 5.78. The minimum absolute atomic E-state index is 0. The van der Waals surface area contributed by atoms with Gasteiger partial charge in [-0.2, -0.15) is 5.10 Å². The predicted octanol–water partition coefficient (Wildman–Crippen LogP) is 2.24. The van der Waals surface area contributed by atoms with Crippen molar-refractivity contribution in [3.63, 3.8) is 0 Å². The van der Waals surface area contributed by atoms with E-state index in [1.165, 1.54) is 0 Å². The molecular weight excluding hydrogens is 150 g/mol. The first-order valence-electron chi connectivity index (χ1n) is 3.72. The molecule has 0 bridgehead atoms. The van der Waals surface area contributed by atoms with Gasteiger partial charge < -0.3 is 0 Å². The third-order valence-electron chi connectivity index (χ3n) is 1.78. The van der Waals surface area contributed by atoms with Gasteiger partial charge in [0.25, 0.3) is 0 Å². The number of nitrogens with one attached hydrogen (secondary N) is 1. The average Bonchev–Trinajstić information content (AvgIpc) is 2.49. The molecule has 62 valence electrons. The number of aromatic amines is 1. The number of rotatable bonds is 1. The monoisotopic (exact) mass is 161 g/mol. The first kappa shape index (κ1) is 7.03. The van der Waals surface area contributed by atoms with Gasteiger partial charge in [-0.25, -0.2) is 4.98 Å². The zero-order chi connectivity index (χ0) is 8.55. The molecule has 0 aromatic carbocycles. The molecule has 2 aromatic heterocycles. The Morgan fingerprint density at radius 1 is 1.58 bits per heavy atom. The second kappa shape index (κ2) is 2.44. The summed E-state index contributed by atoms with van der Waals surface area (Å²) in [6.45, 7) is 5.81. The van der Waals surface area contributed by atoms with Gasteiger partial charge in [0.05, 0.1) is 6.20 Å². The number of nitrogens with zero attached hydrogens (tertiary/aromatic N) is 2. The van der Waals surface area contributed by atoms with Crippen LogP contribution in [0.3, 0.4) is 0 Å². The molecule has 0 unspecified atom stereocenters. The van der Waals surface area contributed by atoms with Gasteiger partial charge >= 0.3 is 0 Å². The van der Waals surface area contributed by atoms with Crippen LogP contribution in [0.1, 0.15) is 13.9 Å². The lowest BCUT2D eigenvalue weighted by Gasteiger charge is -1.96. The molecule has 12 heavy (non-hydrogen) atoms. The van der Waals surface area contributed by atoms with E-state index in [2.05, 4.69) is 21.8 Å². The summed E-state index contributed by atoms with van der Waals surface area (Å²) >= 11 is 0. The van der Waals surface area contributed by atoms with E-state index in [1.54, 1.807) is 12.4 Å². The van der Waals surface area contributed by atoms with Crippen LogP contribution < -0.4 is 0 Å². The third-order valence-corrected chi connectivity index (χ3v) is 1.78. The van der Waals surface area contributed by atoms with Crippen molar-refractivity contribution in [3.8, 4) is 0 Å². The summed E-state index contributed by atoms with van der Waals surface area (Å²) in [4.78, 5) is 4.18. The van der Waals surface area contributed by atoms with Crippen LogP contribution in [0.15, 0.2) is 25.0 Å². The Kier molecular flexibility index (Phi) is 1.43. The molecule has 0 amide bonds. The van der Waals surface area contributed by atoms with Gasteiger partial charge in [0.15, 0.2) is 5.65 Å². The van der Waals surface area contributed by atoms with Crippen molar-refractivity contribution in [1.29, 1.82) is 0 Å². The van der Waals surface area contributed by atoms with Crippen molar-refractivity contribution in [2.75, 3.05) is 0 Å². The second-order valence-corrected chi connectivity index (χ2v) is 2.81. The lowest BCUT2D eigenvalue weighted by molar-refractivity contribution is 1.10. The van der Waals surface area contributed by atoms with Gasteiger partial charge in [0, 0.05) is 13.0 Å². The molecule has 2 aromatic rings. The fourth-order valence-electron chi connectivity index (χ4n) is 1.07. The lowest BCUT2D eigenvalue weighted by atomic mass is 10.1. The number of H-pyrrole nitrogens is 1. The van der Waals surface area contributed by atoms with Crippen LogP contribution >= 0.6 is 0 Å². The summed E-state index contributed by atoms with van der Waals surface area (Å²) < 4.78 is 0. The van der Waals surface area contributed by atoms with Gasteiger partial charge in [-0.3, -0.25) is 5.10 Å². The van der Waals surface area contributed by atoms with E-state index in [0.717, 1.165) is 22.2 Å². The fourth-order valence-corrected chi connectivity index (χ4v) is 1.07. The Balaban J connectivity index is 0.000000845. The number of aromatic nitrogens is 3. The summed E-state index contributed by atoms with van der Waals surface area (Å²) in [6, 6.07) is 2.02. The third kappa shape index (κ3) is 0.993. The van der Waals surface area contributed by atoms with E-state index in [1.807, 2.05) is 13.0 Å². The van der Waals surface area contributed by atoms with E-state index in [9.17, 15) is 0 Å². The molecule has 2 rings (SSSR count). The summed E-state index contributed by atoms with van der Waals surface area (Å²) in [5.41, 5.74) is 2.90. The maximum atomic E-state index is 4.18. The molecule has 3 heteroatoms. The first-order chi connectivity index (χ1) is 5.77. The number of fused-ring (bicyclic) bond motifs is 1. The zero-order valence-corrected chi connectivity index (χ0v) is 6.83. The first-order valence-corrected chi connectivity index (χ1v) is 3.72. The second-order valence-electron chi connectivity index (χ2n) is 2.81. The molecule has 1 N–H and O–H groups in total. The molecule has 2 heterocycles. The Morgan fingerprint density at radius 3 is 3.17 bits per heavy atom. The van der Waals surface area contributed by atoms with Crippen molar-refractivity contribution >= 4 is 16.6 Å². The molecule has 0 saturated heterocycles. The Labute approximate surface area is 71.6 Å². The van der Waals surface area contributed by atoms with Gasteiger partial charge in [-0.05, 0) is 24.1 Å². The minimum Gasteiger partial charge on any atom is -0.261 e. The number of pyridine rings is 1.